The van der Waals surface area contributed by atoms with E-state index in [9.17, 15) is 10.2 Å². The second-order valence-electron chi connectivity index (χ2n) is 1.25. The Balaban J connectivity index is 3.63. The predicted molar refractivity (Wildman–Crippen MR) is 16.3 cm³/mol. The van der Waals surface area contributed by atoms with Gasteiger partial charge in [0.15, 0.2) is 0 Å². The van der Waals surface area contributed by atoms with Gasteiger partial charge in [-0.1, -0.05) is 0 Å². The fourth-order valence-corrected chi connectivity index (χ4v) is 1.01. The van der Waals surface area contributed by atoms with E-state index in [2.05, 4.69) is 0 Å². The molecular formula is C3H4EuO5-2. The summed E-state index contributed by atoms with van der Waals surface area (Å²) in [6.45, 7) is 0. The predicted octanol–water partition coefficient (Wildman–Crippen LogP) is -3.31. The number of hydrogen-bond donors (Lipinski definition) is 1. The van der Waals surface area contributed by atoms with Gasteiger partial charge in [0.2, 0.25) is 0 Å². The van der Waals surface area contributed by atoms with Crippen LogP contribution in [0.2, 0.25) is 0 Å². The molecule has 0 radical (unpaired) electrons. The van der Waals surface area contributed by atoms with Crippen molar-refractivity contribution in [3.63, 3.8) is 0 Å². The summed E-state index contributed by atoms with van der Waals surface area (Å²) in [6, 6.07) is 0. The minimum absolute atomic E-state index is 0.809. The first kappa shape index (κ1) is 9.77. The Bertz CT molecular complexity index is 132. The molecule has 0 aromatic rings. The van der Waals surface area contributed by atoms with E-state index in [0.717, 1.165) is 0 Å². The Labute approximate surface area is 70.3 Å². The Kier molecular flexibility index (Phi) is 4.96. The van der Waals surface area contributed by atoms with Crippen LogP contribution in [-0.4, -0.2) is 11.6 Å². The number of aliphatic carboxylic acids is 1. The van der Waals surface area contributed by atoms with Crippen LogP contribution < -0.4 is 5.47 Å². The average Bonchev–Trinajstić information content (AvgIpc) is 1.63. The van der Waals surface area contributed by atoms with Gasteiger partial charge < -0.3 is 0 Å². The Morgan fingerprint density at radius 3 is 2.33 bits per heavy atom. The number of aliphatic hydroxyl groups is 1. The molecule has 1 atom stereocenters. The van der Waals surface area contributed by atoms with Crippen molar-refractivity contribution in [2.45, 2.75) is 6.92 Å². The zero-order valence-corrected chi connectivity index (χ0v) is 6.67. The van der Waals surface area contributed by atoms with E-state index in [1.165, 1.54) is 0 Å². The summed E-state index contributed by atoms with van der Waals surface area (Å²) in [4.78, 5) is 9.59. The van der Waals surface area contributed by atoms with Crippen molar-refractivity contribution in [2.24, 2.45) is 0 Å². The van der Waals surface area contributed by atoms with Crippen LogP contribution in [-0.2, 0) is 4.77 Å². The molecule has 0 aliphatic heterocycles. The van der Waals surface area contributed by atoms with Gasteiger partial charge in [0.05, 0.1) is 0 Å². The second-order valence-corrected chi connectivity index (χ2v) is 4.42. The molecule has 5 nitrogen and oxygen atoms in total. The summed E-state index contributed by atoms with van der Waals surface area (Å²) in [7, 11) is 0. The van der Waals surface area contributed by atoms with E-state index in [1.807, 2.05) is 0 Å². The number of carboxylic acids is 1. The van der Waals surface area contributed by atoms with Gasteiger partial charge in [0.25, 0.3) is 0 Å². The van der Waals surface area contributed by atoms with Crippen LogP contribution in [0.5, 0.6) is 0 Å². The summed E-state index contributed by atoms with van der Waals surface area (Å²) in [6.07, 6.45) is -0.809. The first-order valence-corrected chi connectivity index (χ1v) is 5.34. The molecule has 0 heterocycles. The summed E-state index contributed by atoms with van der Waals surface area (Å²) in [5.41, 5.74) is 0. The van der Waals surface area contributed by atoms with Gasteiger partial charge >= 0.3 is 71.4 Å². The molecule has 0 aromatic heterocycles. The van der Waals surface area contributed by atoms with Gasteiger partial charge in [-0.05, 0) is 0 Å². The van der Waals surface area contributed by atoms with Crippen LogP contribution >= 0.6 is 0 Å². The second kappa shape index (κ2) is 4.57. The molecule has 0 saturated heterocycles. The molecule has 0 saturated carbocycles. The van der Waals surface area contributed by atoms with Crippen molar-refractivity contribution < 1.29 is 58.5 Å². The number of aliphatic hydroxyl groups excluding tert-OH is 1. The molecule has 1 N–H and O–H groups in total. The van der Waals surface area contributed by atoms with E-state index in [4.69, 9.17) is 5.11 Å². The van der Waals surface area contributed by atoms with Crippen molar-refractivity contribution >= 4 is 5.97 Å². The maximum absolute atomic E-state index is 9.85. The average molecular weight is 272 g/mol. The van der Waals surface area contributed by atoms with Crippen LogP contribution in [0.1, 0.15) is 6.42 Å². The monoisotopic (exact) mass is 273 g/mol. The molecule has 6 heteroatoms. The fraction of sp³-hybridized carbons (Fsp3) is 0.667. The van der Waals surface area contributed by atoms with Crippen LogP contribution in [0, 0.1) is 43.1 Å². The molecule has 0 aliphatic carbocycles. The quantitative estimate of drug-likeness (QED) is 0.579. The third-order valence-corrected chi connectivity index (χ3v) is 2.36. The summed E-state index contributed by atoms with van der Waals surface area (Å²) >= 11 is -4.08. The van der Waals surface area contributed by atoms with Gasteiger partial charge in [0, 0.05) is 0 Å². The summed E-state index contributed by atoms with van der Waals surface area (Å²) < 4.78 is 18.0. The number of carbonyl (C=O) groups is 1. The van der Waals surface area contributed by atoms with Crippen LogP contribution in [0.15, 0.2) is 0 Å². The number of rotatable bonds is 3. The summed E-state index contributed by atoms with van der Waals surface area (Å²) in [5, 5.41) is 17.9. The zero-order chi connectivity index (χ0) is 7.44. The molecule has 0 rings (SSSR count). The van der Waals surface area contributed by atoms with E-state index >= 15 is 0 Å². The Hall–Kier alpha value is 0.774. The maximum atomic E-state index is 9.85. The van der Waals surface area contributed by atoms with Crippen molar-refractivity contribution in [1.82, 2.24) is 0 Å². The normalized spacial score (nSPS) is 13.7. The van der Waals surface area contributed by atoms with Crippen molar-refractivity contribution in [3.05, 3.63) is 0 Å². The number of carboxylic acid groups (broad SMARTS) is 1. The molecule has 0 spiro atoms. The number of carbonyl (C=O) groups excluding carboxylic acids is 1. The van der Waals surface area contributed by atoms with Crippen LogP contribution in [0.25, 0.3) is 0 Å². The fourth-order valence-electron chi connectivity index (χ4n) is 0.201. The zero-order valence-electron chi connectivity index (χ0n) is 4.24. The Morgan fingerprint density at radius 1 is 1.78 bits per heavy atom. The molecule has 55 valence electrons. The molecule has 9 heavy (non-hydrogen) atoms. The molecule has 0 bridgehead atoms. The van der Waals surface area contributed by atoms with E-state index in [-0.39, 0.29) is 0 Å². The molecule has 0 aromatic carbocycles. The topological polar surface area (TPSA) is 100 Å². The van der Waals surface area contributed by atoms with Crippen molar-refractivity contribution in [3.8, 4) is 0 Å². The van der Waals surface area contributed by atoms with Gasteiger partial charge in [-0.25, -0.2) is 0 Å². The van der Waals surface area contributed by atoms with Gasteiger partial charge in [-0.2, -0.15) is 0 Å². The molecule has 0 amide bonds. The van der Waals surface area contributed by atoms with E-state index in [0.29, 0.717) is 0 Å². The van der Waals surface area contributed by atoms with Crippen molar-refractivity contribution in [1.29, 1.82) is 0 Å². The number of hydrogen-bond acceptors (Lipinski definition) is 5. The molecule has 0 fully saturated rings. The van der Waals surface area contributed by atoms with Crippen LogP contribution in [0.3, 0.4) is 0 Å². The molecular weight excluding hydrogens is 268 g/mol. The Morgan fingerprint density at radius 2 is 2.22 bits per heavy atom. The SMILES string of the molecule is O=C([O-])C[CH](O)[Eu](=[O])[O-]. The van der Waals surface area contributed by atoms with Crippen LogP contribution in [0.4, 0.5) is 0 Å². The van der Waals surface area contributed by atoms with E-state index in [1.54, 1.807) is 0 Å². The van der Waals surface area contributed by atoms with Crippen molar-refractivity contribution in [2.75, 3.05) is 0 Å². The first-order chi connectivity index (χ1) is 4.04. The molecule has 0 aliphatic rings. The van der Waals surface area contributed by atoms with Gasteiger partial charge in [0.1, 0.15) is 0 Å². The minimum atomic E-state index is -4.08. The third kappa shape index (κ3) is 5.23. The summed E-state index contributed by atoms with van der Waals surface area (Å²) in [5.74, 6) is -1.55. The standard InChI is InChI=1S/C3H5O3.Eu.2O/c4-2-1-3(5)6;;;/h2,4H,1H2,(H,5,6);;;/q;;;-1/p-1. The van der Waals surface area contributed by atoms with E-state index < -0.39 is 56.0 Å². The first-order valence-electron chi connectivity index (χ1n) is 1.96. The third-order valence-electron chi connectivity index (χ3n) is 0.541. The molecule has 1 unspecified atom stereocenters. The van der Waals surface area contributed by atoms with Gasteiger partial charge in [-0.15, -0.1) is 0 Å². The van der Waals surface area contributed by atoms with Gasteiger partial charge in [-0.3, -0.25) is 0 Å².